The Labute approximate surface area is 117 Å². The van der Waals surface area contributed by atoms with E-state index in [1.165, 1.54) is 12.1 Å². The van der Waals surface area contributed by atoms with Gasteiger partial charge in [0.1, 0.15) is 0 Å². The second kappa shape index (κ2) is 5.86. The maximum Gasteiger partial charge on any atom is 0.337 e. The average Bonchev–Trinajstić information content (AvgIpc) is 2.92. The van der Waals surface area contributed by atoms with E-state index in [0.29, 0.717) is 6.61 Å². The fourth-order valence-electron chi connectivity index (χ4n) is 2.04. The van der Waals surface area contributed by atoms with Gasteiger partial charge in [-0.15, -0.1) is 0 Å². The Morgan fingerprint density at radius 2 is 2.30 bits per heavy atom. The van der Waals surface area contributed by atoms with Crippen LogP contribution in [0.5, 0.6) is 0 Å². The zero-order valence-corrected chi connectivity index (χ0v) is 11.8. The van der Waals surface area contributed by atoms with Crippen LogP contribution in [0.3, 0.4) is 0 Å². The van der Waals surface area contributed by atoms with E-state index in [4.69, 9.17) is 9.84 Å². The molecule has 2 unspecified atom stereocenters. The number of rotatable bonds is 5. The first-order chi connectivity index (χ1) is 9.40. The predicted octanol–water partition coefficient (Wildman–Crippen LogP) is 0.626. The van der Waals surface area contributed by atoms with Gasteiger partial charge in [0.25, 0.3) is 10.0 Å². The van der Waals surface area contributed by atoms with Crippen molar-refractivity contribution < 1.29 is 23.1 Å². The van der Waals surface area contributed by atoms with E-state index in [1.807, 2.05) is 0 Å². The monoisotopic (exact) mass is 300 g/mol. The third-order valence-corrected chi connectivity index (χ3v) is 4.60. The van der Waals surface area contributed by atoms with Gasteiger partial charge < -0.3 is 9.84 Å². The Balaban J connectivity index is 2.11. The van der Waals surface area contributed by atoms with Gasteiger partial charge in [-0.1, -0.05) is 0 Å². The lowest BCUT2D eigenvalue weighted by Gasteiger charge is -2.19. The van der Waals surface area contributed by atoms with Crippen LogP contribution in [0.25, 0.3) is 0 Å². The van der Waals surface area contributed by atoms with Crippen LogP contribution < -0.4 is 4.72 Å². The molecule has 1 fully saturated rings. The van der Waals surface area contributed by atoms with Crippen molar-refractivity contribution in [2.24, 2.45) is 0 Å². The van der Waals surface area contributed by atoms with Crippen LogP contribution in [0, 0.1) is 0 Å². The number of sulfonamides is 1. The molecule has 2 heterocycles. The highest BCUT2D eigenvalue weighted by Crippen LogP contribution is 2.17. The van der Waals surface area contributed by atoms with E-state index in [1.54, 1.807) is 6.92 Å². The Kier molecular flexibility index (Phi) is 4.36. The van der Waals surface area contributed by atoms with Gasteiger partial charge in [-0.3, -0.25) is 0 Å². The largest absolute Gasteiger partial charge is 0.478 e. The average molecular weight is 300 g/mol. The van der Waals surface area contributed by atoms with Crippen LogP contribution >= 0.6 is 0 Å². The lowest BCUT2D eigenvalue weighted by atomic mass is 10.1. The second-order valence-electron chi connectivity index (χ2n) is 4.65. The molecule has 2 rings (SSSR count). The van der Waals surface area contributed by atoms with Crippen LogP contribution in [-0.2, 0) is 14.8 Å². The Bertz CT molecular complexity index is 578. The molecule has 110 valence electrons. The molecule has 0 saturated carbocycles. The molecule has 0 spiro atoms. The molecule has 1 aromatic heterocycles. The Hall–Kier alpha value is -1.51. The summed E-state index contributed by atoms with van der Waals surface area (Å²) in [5, 5.41) is 8.54. The molecule has 1 aromatic rings. The summed E-state index contributed by atoms with van der Waals surface area (Å²) in [6, 6.07) is 2.03. The highest BCUT2D eigenvalue weighted by atomic mass is 32.2. The first-order valence-corrected chi connectivity index (χ1v) is 7.72. The number of nitrogens with zero attached hydrogens (tertiary/aromatic N) is 1. The minimum atomic E-state index is -3.77. The lowest BCUT2D eigenvalue weighted by Crippen LogP contribution is -2.41. The van der Waals surface area contributed by atoms with Crippen molar-refractivity contribution in [2.75, 3.05) is 6.61 Å². The number of aromatic nitrogens is 1. The summed E-state index contributed by atoms with van der Waals surface area (Å²) in [6.45, 7) is 2.38. The molecule has 1 saturated heterocycles. The molecule has 8 heteroatoms. The van der Waals surface area contributed by atoms with E-state index in [0.717, 1.165) is 19.0 Å². The van der Waals surface area contributed by atoms with Gasteiger partial charge in [0.15, 0.2) is 5.03 Å². The van der Waals surface area contributed by atoms with Crippen molar-refractivity contribution >= 4 is 16.0 Å². The van der Waals surface area contributed by atoms with E-state index in [-0.39, 0.29) is 22.7 Å². The van der Waals surface area contributed by atoms with Gasteiger partial charge in [-0.05, 0) is 31.9 Å². The zero-order chi connectivity index (χ0) is 14.8. The Morgan fingerprint density at radius 1 is 1.55 bits per heavy atom. The summed E-state index contributed by atoms with van der Waals surface area (Å²) in [5.41, 5.74) is -0.0591. The first-order valence-electron chi connectivity index (χ1n) is 6.23. The normalized spacial score (nSPS) is 20.8. The van der Waals surface area contributed by atoms with Crippen molar-refractivity contribution in [1.82, 2.24) is 9.71 Å². The highest BCUT2D eigenvalue weighted by Gasteiger charge is 2.27. The molecule has 7 nitrogen and oxygen atoms in total. The number of aromatic carboxylic acids is 1. The van der Waals surface area contributed by atoms with Crippen molar-refractivity contribution in [1.29, 1.82) is 0 Å². The molecule has 0 radical (unpaired) electrons. The first kappa shape index (κ1) is 14.9. The number of carboxylic acids is 1. The summed E-state index contributed by atoms with van der Waals surface area (Å²) < 4.78 is 32.1. The highest BCUT2D eigenvalue weighted by molar-refractivity contribution is 7.89. The van der Waals surface area contributed by atoms with Crippen LogP contribution in [-0.4, -0.2) is 43.2 Å². The molecule has 0 bridgehead atoms. The summed E-state index contributed by atoms with van der Waals surface area (Å²) in [5.74, 6) is -1.15. The zero-order valence-electron chi connectivity index (χ0n) is 10.9. The van der Waals surface area contributed by atoms with Gasteiger partial charge in [0, 0.05) is 18.8 Å². The molecule has 1 aliphatic heterocycles. The van der Waals surface area contributed by atoms with Crippen molar-refractivity contribution in [2.45, 2.75) is 36.9 Å². The predicted molar refractivity (Wildman–Crippen MR) is 70.0 cm³/mol. The molecule has 1 aliphatic rings. The molecule has 0 aromatic carbocycles. The third kappa shape index (κ3) is 3.33. The van der Waals surface area contributed by atoms with Gasteiger partial charge in [-0.2, -0.15) is 0 Å². The number of hydrogen-bond donors (Lipinski definition) is 2. The van der Waals surface area contributed by atoms with E-state index >= 15 is 0 Å². The van der Waals surface area contributed by atoms with E-state index in [9.17, 15) is 13.2 Å². The van der Waals surface area contributed by atoms with Crippen molar-refractivity contribution in [3.8, 4) is 0 Å². The van der Waals surface area contributed by atoms with Gasteiger partial charge in [0.05, 0.1) is 11.7 Å². The van der Waals surface area contributed by atoms with Gasteiger partial charge in [0.2, 0.25) is 0 Å². The summed E-state index contributed by atoms with van der Waals surface area (Å²) >= 11 is 0. The number of carboxylic acid groups (broad SMARTS) is 1. The Morgan fingerprint density at radius 3 is 2.80 bits per heavy atom. The molecular weight excluding hydrogens is 284 g/mol. The van der Waals surface area contributed by atoms with Crippen LogP contribution in [0.2, 0.25) is 0 Å². The number of ether oxygens (including phenoxy) is 1. The standard InChI is InChI=1S/C12H16N2O5S/c1-8(10-3-2-6-19-10)14-20(17,18)11-5-4-9(7-13-11)12(15)16/h4-5,7-8,10,14H,2-3,6H2,1H3,(H,15,16). The summed E-state index contributed by atoms with van der Waals surface area (Å²) in [6.07, 6.45) is 2.62. The van der Waals surface area contributed by atoms with E-state index < -0.39 is 16.0 Å². The SMILES string of the molecule is CC(NS(=O)(=O)c1ccc(C(=O)O)cn1)C1CCCO1. The second-order valence-corrected chi connectivity index (χ2v) is 6.31. The summed E-state index contributed by atoms with van der Waals surface area (Å²) in [4.78, 5) is 14.4. The van der Waals surface area contributed by atoms with Crippen molar-refractivity contribution in [3.63, 3.8) is 0 Å². The molecule has 0 amide bonds. The fraction of sp³-hybridized carbons (Fsp3) is 0.500. The molecular formula is C12H16N2O5S. The number of carbonyl (C=O) groups is 1. The van der Waals surface area contributed by atoms with Crippen molar-refractivity contribution in [3.05, 3.63) is 23.9 Å². The molecule has 20 heavy (non-hydrogen) atoms. The molecule has 2 atom stereocenters. The quantitative estimate of drug-likeness (QED) is 0.826. The van der Waals surface area contributed by atoms with Crippen LogP contribution in [0.1, 0.15) is 30.1 Å². The number of nitrogens with one attached hydrogen (secondary N) is 1. The smallest absolute Gasteiger partial charge is 0.337 e. The lowest BCUT2D eigenvalue weighted by molar-refractivity contribution is 0.0696. The van der Waals surface area contributed by atoms with Crippen LogP contribution in [0.15, 0.2) is 23.4 Å². The maximum atomic E-state index is 12.1. The third-order valence-electron chi connectivity index (χ3n) is 3.12. The minimum Gasteiger partial charge on any atom is -0.478 e. The van der Waals surface area contributed by atoms with E-state index in [2.05, 4.69) is 9.71 Å². The fourth-order valence-corrected chi connectivity index (χ4v) is 3.24. The van der Waals surface area contributed by atoms with Crippen LogP contribution in [0.4, 0.5) is 0 Å². The minimum absolute atomic E-state index is 0.0591. The number of hydrogen-bond acceptors (Lipinski definition) is 5. The van der Waals surface area contributed by atoms with Gasteiger partial charge in [-0.25, -0.2) is 22.9 Å². The molecule has 2 N–H and O–H groups in total. The summed E-state index contributed by atoms with van der Waals surface area (Å²) in [7, 11) is -3.77. The maximum absolute atomic E-state index is 12.1. The van der Waals surface area contributed by atoms with Gasteiger partial charge >= 0.3 is 5.97 Å². The topological polar surface area (TPSA) is 106 Å². The number of pyridine rings is 1. The molecule has 0 aliphatic carbocycles.